The van der Waals surface area contributed by atoms with Gasteiger partial charge in [0.2, 0.25) is 0 Å². The van der Waals surface area contributed by atoms with Crippen molar-refractivity contribution in [3.63, 3.8) is 0 Å². The van der Waals surface area contributed by atoms with Crippen molar-refractivity contribution in [3.05, 3.63) is 17.5 Å². The molecule has 0 aliphatic carbocycles. The molecule has 78 valence electrons. The normalized spacial score (nSPS) is 10.1. The number of thioether (sulfide) groups is 1. The highest BCUT2D eigenvalue weighted by Gasteiger charge is 2.10. The molecule has 1 heterocycles. The third-order valence-electron chi connectivity index (χ3n) is 1.40. The number of carbonyl (C=O) groups is 1. The summed E-state index contributed by atoms with van der Waals surface area (Å²) in [5.41, 5.74) is 2.11. The molecule has 6 nitrogen and oxygen atoms in total. The maximum atomic E-state index is 11.0. The first kappa shape index (κ1) is 11.0. The fourth-order valence-electron chi connectivity index (χ4n) is 0.799. The number of aliphatic hydroxyl groups is 1. The minimum absolute atomic E-state index is 0.120. The van der Waals surface area contributed by atoms with Gasteiger partial charge < -0.3 is 9.63 Å². The zero-order valence-corrected chi connectivity index (χ0v) is 8.21. The number of hydrazine groups is 1. The van der Waals surface area contributed by atoms with Gasteiger partial charge in [-0.1, -0.05) is 5.16 Å². The van der Waals surface area contributed by atoms with Gasteiger partial charge in [-0.2, -0.15) is 11.8 Å². The molecule has 0 aliphatic rings. The molecule has 7 heteroatoms. The van der Waals surface area contributed by atoms with Crippen molar-refractivity contribution in [2.45, 2.75) is 5.75 Å². The van der Waals surface area contributed by atoms with E-state index in [1.54, 1.807) is 0 Å². The summed E-state index contributed by atoms with van der Waals surface area (Å²) in [4.78, 5) is 11.0. The molecule has 0 bridgehead atoms. The predicted molar refractivity (Wildman–Crippen MR) is 51.4 cm³/mol. The smallest absolute Gasteiger partial charge is 0.287 e. The van der Waals surface area contributed by atoms with Gasteiger partial charge in [0, 0.05) is 11.8 Å². The van der Waals surface area contributed by atoms with Gasteiger partial charge in [0.15, 0.2) is 5.69 Å². The lowest BCUT2D eigenvalue weighted by molar-refractivity contribution is 0.0944. The number of nitrogens with one attached hydrogen (secondary N) is 1. The molecule has 0 spiro atoms. The van der Waals surface area contributed by atoms with Crippen molar-refractivity contribution in [2.75, 3.05) is 12.4 Å². The first-order valence-corrected chi connectivity index (χ1v) is 5.08. The van der Waals surface area contributed by atoms with Crippen LogP contribution in [0, 0.1) is 0 Å². The van der Waals surface area contributed by atoms with Crippen LogP contribution in [0.25, 0.3) is 0 Å². The SMILES string of the molecule is NNC(=O)c1cc(CSCCO)on1. The van der Waals surface area contributed by atoms with Crippen LogP contribution in [-0.2, 0) is 5.75 Å². The van der Waals surface area contributed by atoms with Gasteiger partial charge in [-0.05, 0) is 0 Å². The number of carbonyl (C=O) groups excluding carboxylic acids is 1. The van der Waals surface area contributed by atoms with Crippen LogP contribution in [0.2, 0.25) is 0 Å². The minimum atomic E-state index is -0.479. The van der Waals surface area contributed by atoms with Gasteiger partial charge in [0.05, 0.1) is 12.4 Å². The first-order valence-electron chi connectivity index (χ1n) is 3.93. The molecule has 0 unspecified atom stereocenters. The quantitative estimate of drug-likeness (QED) is 0.266. The Hall–Kier alpha value is -1.05. The van der Waals surface area contributed by atoms with Gasteiger partial charge in [-0.15, -0.1) is 0 Å². The molecule has 0 saturated heterocycles. The molecular weight excluding hydrogens is 206 g/mol. The molecule has 1 aromatic heterocycles. The maximum absolute atomic E-state index is 11.0. The number of hydrogen-bond donors (Lipinski definition) is 3. The molecule has 1 rings (SSSR count). The number of rotatable bonds is 5. The summed E-state index contributed by atoms with van der Waals surface area (Å²) in [6, 6.07) is 1.52. The Balaban J connectivity index is 2.46. The number of nitrogens with two attached hydrogens (primary N) is 1. The Morgan fingerprint density at radius 2 is 2.57 bits per heavy atom. The van der Waals surface area contributed by atoms with Crippen LogP contribution in [0.1, 0.15) is 16.2 Å². The second-order valence-electron chi connectivity index (χ2n) is 2.43. The number of nitrogen functional groups attached to an aromatic ring is 1. The average Bonchev–Trinajstić information content (AvgIpc) is 2.66. The molecule has 14 heavy (non-hydrogen) atoms. The van der Waals surface area contributed by atoms with Crippen LogP contribution in [0.4, 0.5) is 0 Å². The largest absolute Gasteiger partial charge is 0.396 e. The van der Waals surface area contributed by atoms with E-state index < -0.39 is 5.91 Å². The van der Waals surface area contributed by atoms with Crippen LogP contribution in [0.5, 0.6) is 0 Å². The molecule has 0 aliphatic heterocycles. The van der Waals surface area contributed by atoms with E-state index in [9.17, 15) is 4.79 Å². The molecule has 4 N–H and O–H groups in total. The minimum Gasteiger partial charge on any atom is -0.396 e. The maximum Gasteiger partial charge on any atom is 0.287 e. The van der Waals surface area contributed by atoms with Crippen LogP contribution in [-0.4, -0.2) is 28.5 Å². The molecular formula is C7H11N3O3S. The molecule has 1 amide bonds. The van der Waals surface area contributed by atoms with Crippen molar-refractivity contribution in [1.29, 1.82) is 0 Å². The Labute approximate surface area is 84.8 Å². The van der Waals surface area contributed by atoms with E-state index in [1.807, 2.05) is 5.43 Å². The lowest BCUT2D eigenvalue weighted by atomic mass is 10.4. The van der Waals surface area contributed by atoms with E-state index in [-0.39, 0.29) is 12.3 Å². The van der Waals surface area contributed by atoms with E-state index in [0.717, 1.165) is 0 Å². The van der Waals surface area contributed by atoms with E-state index >= 15 is 0 Å². The van der Waals surface area contributed by atoms with Gasteiger partial charge in [-0.25, -0.2) is 5.84 Å². The summed E-state index contributed by atoms with van der Waals surface area (Å²) in [5, 5.41) is 12.1. The van der Waals surface area contributed by atoms with E-state index in [2.05, 4.69) is 5.16 Å². The number of aliphatic hydroxyl groups excluding tert-OH is 1. The van der Waals surface area contributed by atoms with E-state index in [4.69, 9.17) is 15.5 Å². The van der Waals surface area contributed by atoms with Crippen molar-refractivity contribution in [3.8, 4) is 0 Å². The topological polar surface area (TPSA) is 101 Å². The van der Waals surface area contributed by atoms with Gasteiger partial charge in [-0.3, -0.25) is 10.2 Å². The molecule has 0 radical (unpaired) electrons. The van der Waals surface area contributed by atoms with Crippen LogP contribution < -0.4 is 11.3 Å². The average molecular weight is 217 g/mol. The predicted octanol–water partition coefficient (Wildman–Crippen LogP) is -0.496. The summed E-state index contributed by atoms with van der Waals surface area (Å²) in [6.45, 7) is 0.120. The summed E-state index contributed by atoms with van der Waals surface area (Å²) in [5.74, 6) is 6.22. The number of nitrogens with zero attached hydrogens (tertiary/aromatic N) is 1. The number of aromatic nitrogens is 1. The van der Waals surface area contributed by atoms with Gasteiger partial charge >= 0.3 is 0 Å². The molecule has 0 fully saturated rings. The highest BCUT2D eigenvalue weighted by molar-refractivity contribution is 7.98. The Bertz CT molecular complexity index is 302. The zero-order chi connectivity index (χ0) is 10.4. The van der Waals surface area contributed by atoms with Gasteiger partial charge in [0.25, 0.3) is 5.91 Å². The van der Waals surface area contributed by atoms with Crippen LogP contribution in [0.3, 0.4) is 0 Å². The van der Waals surface area contributed by atoms with Crippen molar-refractivity contribution in [2.24, 2.45) is 5.84 Å². The number of amides is 1. The fourth-order valence-corrected chi connectivity index (χ4v) is 1.41. The van der Waals surface area contributed by atoms with E-state index in [1.165, 1.54) is 17.8 Å². The lowest BCUT2D eigenvalue weighted by Gasteiger charge is -1.92. The summed E-state index contributed by atoms with van der Waals surface area (Å²) >= 11 is 1.49. The van der Waals surface area contributed by atoms with E-state index in [0.29, 0.717) is 17.3 Å². The molecule has 0 aromatic carbocycles. The highest BCUT2D eigenvalue weighted by Crippen LogP contribution is 2.12. The Kier molecular flexibility index (Phi) is 4.44. The summed E-state index contributed by atoms with van der Waals surface area (Å²) < 4.78 is 4.87. The number of hydrogen-bond acceptors (Lipinski definition) is 6. The lowest BCUT2D eigenvalue weighted by Crippen LogP contribution is -2.30. The Morgan fingerprint density at radius 1 is 1.79 bits per heavy atom. The monoisotopic (exact) mass is 217 g/mol. The van der Waals surface area contributed by atoms with Crippen molar-refractivity contribution >= 4 is 17.7 Å². The second kappa shape index (κ2) is 5.63. The molecule has 0 atom stereocenters. The summed E-state index contributed by atoms with van der Waals surface area (Å²) in [6.07, 6.45) is 0. The van der Waals surface area contributed by atoms with Crippen LogP contribution >= 0.6 is 11.8 Å². The zero-order valence-electron chi connectivity index (χ0n) is 7.40. The molecule has 0 saturated carbocycles. The van der Waals surface area contributed by atoms with Crippen molar-refractivity contribution < 1.29 is 14.4 Å². The Morgan fingerprint density at radius 3 is 3.21 bits per heavy atom. The second-order valence-corrected chi connectivity index (χ2v) is 3.53. The third-order valence-corrected chi connectivity index (χ3v) is 2.36. The van der Waals surface area contributed by atoms with Crippen molar-refractivity contribution in [1.82, 2.24) is 10.6 Å². The van der Waals surface area contributed by atoms with Crippen LogP contribution in [0.15, 0.2) is 10.6 Å². The highest BCUT2D eigenvalue weighted by atomic mass is 32.2. The fraction of sp³-hybridized carbons (Fsp3) is 0.429. The molecule has 1 aromatic rings. The first-order chi connectivity index (χ1) is 6.77. The summed E-state index contributed by atoms with van der Waals surface area (Å²) in [7, 11) is 0. The third kappa shape index (κ3) is 3.02. The standard InChI is InChI=1S/C7H11N3O3S/c8-9-7(12)6-3-5(13-10-6)4-14-2-1-11/h3,11H,1-2,4,8H2,(H,9,12). The van der Waals surface area contributed by atoms with Gasteiger partial charge in [0.1, 0.15) is 5.76 Å².